The fraction of sp³-hybridized carbons (Fsp3) is 0.258. The third-order valence-electron chi connectivity index (χ3n) is 6.83. The van der Waals surface area contributed by atoms with E-state index in [2.05, 4.69) is 51.6 Å². The van der Waals surface area contributed by atoms with Gasteiger partial charge in [-0.15, -0.1) is 0 Å². The number of hydrogen-bond donors (Lipinski definition) is 0. The zero-order chi connectivity index (χ0) is 23.8. The molecule has 2 unspecified atom stereocenters. The van der Waals surface area contributed by atoms with Gasteiger partial charge >= 0.3 is 5.97 Å². The first-order valence-electron chi connectivity index (χ1n) is 12.0. The second kappa shape index (κ2) is 8.98. The number of ether oxygens (including phenoxy) is 2. The Kier molecular flexibility index (Phi) is 5.87. The number of fused-ring (bicyclic) bond motifs is 6. The molecule has 0 saturated carbocycles. The third kappa shape index (κ3) is 3.96. The maximum atomic E-state index is 12.4. The first-order chi connectivity index (χ1) is 16.5. The van der Waals surface area contributed by atoms with E-state index in [9.17, 15) is 4.79 Å². The Labute approximate surface area is 201 Å². The predicted molar refractivity (Wildman–Crippen MR) is 138 cm³/mol. The van der Waals surface area contributed by atoms with Crippen molar-refractivity contribution in [2.45, 2.75) is 51.9 Å². The van der Waals surface area contributed by atoms with Gasteiger partial charge in [-0.1, -0.05) is 65.8 Å². The molecular formula is C31H30O3. The first kappa shape index (κ1) is 22.2. The van der Waals surface area contributed by atoms with E-state index >= 15 is 0 Å². The smallest absolute Gasteiger partial charge is 0.335 e. The molecule has 0 heterocycles. The molecule has 2 aliphatic carbocycles. The summed E-state index contributed by atoms with van der Waals surface area (Å²) in [5, 5.41) is 1.88. The molecule has 0 radical (unpaired) electrons. The van der Waals surface area contributed by atoms with Crippen molar-refractivity contribution in [1.29, 1.82) is 0 Å². The third-order valence-corrected chi connectivity index (χ3v) is 6.83. The topological polar surface area (TPSA) is 35.5 Å². The molecule has 2 aliphatic rings. The lowest BCUT2D eigenvalue weighted by atomic mass is 9.85. The number of hydrogen-bond acceptors (Lipinski definition) is 3. The Bertz CT molecular complexity index is 1340. The van der Waals surface area contributed by atoms with Gasteiger partial charge in [0.05, 0.1) is 0 Å². The minimum Gasteiger partial charge on any atom is -0.456 e. The number of rotatable bonds is 7. The van der Waals surface area contributed by atoms with Crippen LogP contribution in [0.1, 0.15) is 61.6 Å². The minimum absolute atomic E-state index is 0.238. The summed E-state index contributed by atoms with van der Waals surface area (Å²) >= 11 is 0. The fourth-order valence-electron chi connectivity index (χ4n) is 5.40. The Morgan fingerprint density at radius 1 is 1.06 bits per heavy atom. The molecule has 5 rings (SSSR count). The van der Waals surface area contributed by atoms with Gasteiger partial charge in [-0.25, -0.2) is 4.79 Å². The monoisotopic (exact) mass is 450 g/mol. The summed E-state index contributed by atoms with van der Waals surface area (Å²) in [5.41, 5.74) is 6.17. The molecule has 3 aromatic carbocycles. The molecular weight excluding hydrogens is 420 g/mol. The maximum absolute atomic E-state index is 12.4. The Balaban J connectivity index is 1.71. The number of carbonyl (C=O) groups is 1. The highest BCUT2D eigenvalue weighted by atomic mass is 16.5. The lowest BCUT2D eigenvalue weighted by Crippen LogP contribution is -2.10. The number of carbonyl (C=O) groups excluding carboxylic acids is 1. The molecule has 2 bridgehead atoms. The van der Waals surface area contributed by atoms with Crippen LogP contribution in [0.25, 0.3) is 10.8 Å². The lowest BCUT2D eigenvalue weighted by Gasteiger charge is -2.25. The second-order valence-electron chi connectivity index (χ2n) is 9.53. The van der Waals surface area contributed by atoms with Gasteiger partial charge in [-0.2, -0.15) is 0 Å². The van der Waals surface area contributed by atoms with Crippen molar-refractivity contribution in [3.05, 3.63) is 101 Å². The van der Waals surface area contributed by atoms with E-state index in [1.807, 2.05) is 36.4 Å². The molecule has 3 nitrogen and oxygen atoms in total. The van der Waals surface area contributed by atoms with Crippen molar-refractivity contribution in [1.82, 2.24) is 0 Å². The van der Waals surface area contributed by atoms with E-state index in [1.54, 1.807) is 0 Å². The van der Waals surface area contributed by atoms with Crippen LogP contribution in [0.4, 0.5) is 0 Å². The molecule has 3 aromatic rings. The highest BCUT2D eigenvalue weighted by Gasteiger charge is 2.43. The van der Waals surface area contributed by atoms with Crippen LogP contribution in [-0.4, -0.2) is 5.97 Å². The summed E-state index contributed by atoms with van der Waals surface area (Å²) in [6.07, 6.45) is 8.98. The van der Waals surface area contributed by atoms with Crippen LogP contribution in [0, 0.1) is 6.92 Å². The van der Waals surface area contributed by atoms with Gasteiger partial charge in [-0.05, 0) is 58.2 Å². The van der Waals surface area contributed by atoms with Gasteiger partial charge in [0.15, 0.2) is 0 Å². The average Bonchev–Trinajstić information content (AvgIpc) is 3.40. The first-order valence-corrected chi connectivity index (χ1v) is 12.0. The summed E-state index contributed by atoms with van der Waals surface area (Å²) in [7, 11) is 0. The molecule has 0 N–H and O–H groups in total. The lowest BCUT2D eigenvalue weighted by molar-refractivity contribution is -0.128. The predicted octanol–water partition coefficient (Wildman–Crippen LogP) is 8.29. The van der Waals surface area contributed by atoms with Crippen molar-refractivity contribution in [2.24, 2.45) is 0 Å². The van der Waals surface area contributed by atoms with E-state index in [0.29, 0.717) is 5.75 Å². The number of aryl methyl sites for hydroxylation is 1. The number of allylic oxidation sites excluding steroid dienone is 4. The summed E-state index contributed by atoms with van der Waals surface area (Å²) in [5.74, 6) is 2.41. The molecule has 34 heavy (non-hydrogen) atoms. The van der Waals surface area contributed by atoms with Crippen LogP contribution in [-0.2, 0) is 4.79 Å². The van der Waals surface area contributed by atoms with Crippen LogP contribution < -0.4 is 9.47 Å². The largest absolute Gasteiger partial charge is 0.456 e. The number of esters is 1. The average molecular weight is 451 g/mol. The standard InChI is InChI=1S/C31H30O3/c1-5-27(32)34-30-24-15-14-20(4)16-26(24)31(33-23-12-7-6-8-13-23)28-22-17-21(11-9-10-19(2)3)25(18-22)29(28)30/h5-8,10,12-17,22,25H,1,9,11,18H2,2-4H3. The highest BCUT2D eigenvalue weighted by Crippen LogP contribution is 2.61. The van der Waals surface area contributed by atoms with Gasteiger partial charge in [0.1, 0.15) is 17.2 Å². The van der Waals surface area contributed by atoms with Gasteiger partial charge in [0.2, 0.25) is 0 Å². The van der Waals surface area contributed by atoms with Gasteiger partial charge < -0.3 is 9.47 Å². The molecule has 0 saturated heterocycles. The van der Waals surface area contributed by atoms with Gasteiger partial charge in [-0.3, -0.25) is 0 Å². The molecule has 0 amide bonds. The van der Waals surface area contributed by atoms with E-state index in [1.165, 1.54) is 17.2 Å². The molecule has 0 spiro atoms. The Morgan fingerprint density at radius 2 is 1.85 bits per heavy atom. The van der Waals surface area contributed by atoms with E-state index in [4.69, 9.17) is 9.47 Å². The van der Waals surface area contributed by atoms with Gasteiger partial charge in [0, 0.05) is 39.8 Å². The van der Waals surface area contributed by atoms with Crippen LogP contribution in [0.5, 0.6) is 17.2 Å². The Morgan fingerprint density at radius 3 is 2.59 bits per heavy atom. The van der Waals surface area contributed by atoms with E-state index in [-0.39, 0.29) is 11.8 Å². The quantitative estimate of drug-likeness (QED) is 0.157. The summed E-state index contributed by atoms with van der Waals surface area (Å²) in [4.78, 5) is 12.4. The maximum Gasteiger partial charge on any atom is 0.335 e. The van der Waals surface area contributed by atoms with Crippen LogP contribution in [0.15, 0.2) is 84.5 Å². The summed E-state index contributed by atoms with van der Waals surface area (Å²) < 4.78 is 12.5. The SMILES string of the molecule is C=CC(=O)Oc1c2c(c(Oc3ccccc3)c3cc(C)ccc13)C1C=C(CCC=C(C)C)C2C1. The van der Waals surface area contributed by atoms with Gasteiger partial charge in [0.25, 0.3) is 0 Å². The van der Waals surface area contributed by atoms with Crippen molar-refractivity contribution < 1.29 is 14.3 Å². The van der Waals surface area contributed by atoms with Crippen molar-refractivity contribution in [3.8, 4) is 17.2 Å². The molecule has 3 heteroatoms. The van der Waals surface area contributed by atoms with Crippen LogP contribution in [0.3, 0.4) is 0 Å². The summed E-state index contributed by atoms with van der Waals surface area (Å²) in [6.45, 7) is 9.97. The zero-order valence-electron chi connectivity index (χ0n) is 20.1. The number of benzene rings is 3. The Hall–Kier alpha value is -3.59. The molecule has 0 aromatic heterocycles. The fourth-order valence-corrected chi connectivity index (χ4v) is 5.40. The second-order valence-corrected chi connectivity index (χ2v) is 9.53. The van der Waals surface area contributed by atoms with E-state index in [0.717, 1.165) is 58.2 Å². The van der Waals surface area contributed by atoms with Crippen molar-refractivity contribution >= 4 is 16.7 Å². The van der Waals surface area contributed by atoms with Crippen molar-refractivity contribution in [2.75, 3.05) is 0 Å². The van der Waals surface area contributed by atoms with Crippen LogP contribution in [0.2, 0.25) is 0 Å². The molecule has 0 aliphatic heterocycles. The summed E-state index contributed by atoms with van der Waals surface area (Å²) in [6, 6.07) is 16.2. The van der Waals surface area contributed by atoms with E-state index < -0.39 is 5.97 Å². The molecule has 2 atom stereocenters. The highest BCUT2D eigenvalue weighted by molar-refractivity contribution is 6.00. The zero-order valence-corrected chi connectivity index (χ0v) is 20.1. The molecule has 0 fully saturated rings. The number of para-hydroxylation sites is 1. The normalized spacial score (nSPS) is 17.8. The van der Waals surface area contributed by atoms with Crippen molar-refractivity contribution in [3.63, 3.8) is 0 Å². The molecule has 172 valence electrons. The minimum atomic E-state index is -0.432. The van der Waals surface area contributed by atoms with Crippen LogP contribution >= 0.6 is 0 Å².